The molecule has 1 saturated heterocycles. The average Bonchev–Trinajstić information content (AvgIpc) is 2.41. The summed E-state index contributed by atoms with van der Waals surface area (Å²) in [6.45, 7) is 5.06. The smallest absolute Gasteiger partial charge is 0.0627 e. The Bertz CT molecular complexity index is 434. The highest BCUT2D eigenvalue weighted by Crippen LogP contribution is 2.22. The second-order valence-electron chi connectivity index (χ2n) is 4.77. The van der Waals surface area contributed by atoms with E-state index in [9.17, 15) is 0 Å². The van der Waals surface area contributed by atoms with Gasteiger partial charge in [-0.15, -0.1) is 0 Å². The van der Waals surface area contributed by atoms with Crippen LogP contribution in [0.15, 0.2) is 33.9 Å². The lowest BCUT2D eigenvalue weighted by Gasteiger charge is -2.33. The molecule has 0 spiro atoms. The van der Waals surface area contributed by atoms with Crippen molar-refractivity contribution < 1.29 is 5.21 Å². The highest BCUT2D eigenvalue weighted by molar-refractivity contribution is 9.10. The van der Waals surface area contributed by atoms with E-state index in [1.807, 2.05) is 6.07 Å². The van der Waals surface area contributed by atoms with E-state index in [1.165, 1.54) is 10.0 Å². The van der Waals surface area contributed by atoms with Crippen LogP contribution in [0.5, 0.6) is 0 Å². The summed E-state index contributed by atoms with van der Waals surface area (Å²) >= 11 is 3.59. The Morgan fingerprint density at radius 2 is 2.22 bits per heavy atom. The van der Waals surface area contributed by atoms with Gasteiger partial charge < -0.3 is 5.21 Å². The lowest BCUT2D eigenvalue weighted by molar-refractivity contribution is 0.220. The molecule has 1 atom stereocenters. The van der Waals surface area contributed by atoms with Crippen molar-refractivity contribution in [3.05, 3.63) is 34.3 Å². The van der Waals surface area contributed by atoms with Crippen molar-refractivity contribution in [2.45, 2.75) is 26.3 Å². The minimum absolute atomic E-state index is 0.395. The van der Waals surface area contributed by atoms with E-state index < -0.39 is 0 Å². The molecule has 3 nitrogen and oxygen atoms in total. The molecule has 1 fully saturated rings. The van der Waals surface area contributed by atoms with E-state index in [0.717, 1.165) is 38.2 Å². The van der Waals surface area contributed by atoms with Crippen molar-refractivity contribution in [1.82, 2.24) is 4.90 Å². The summed E-state index contributed by atoms with van der Waals surface area (Å²) in [5, 5.41) is 12.4. The molecule has 0 saturated carbocycles. The van der Waals surface area contributed by atoms with E-state index in [2.05, 4.69) is 51.1 Å². The summed E-state index contributed by atoms with van der Waals surface area (Å²) in [4.78, 5) is 2.43. The van der Waals surface area contributed by atoms with E-state index in [0.29, 0.717) is 5.92 Å². The summed E-state index contributed by atoms with van der Waals surface area (Å²) in [6.07, 6.45) is 1.91. The third-order valence-corrected chi connectivity index (χ3v) is 4.38. The predicted octanol–water partition coefficient (Wildman–Crippen LogP) is 3.51. The fourth-order valence-corrected chi connectivity index (χ4v) is 2.90. The van der Waals surface area contributed by atoms with Crippen LogP contribution in [-0.2, 0) is 6.54 Å². The number of hydrogen-bond donors (Lipinski definition) is 1. The molecule has 0 aromatic heterocycles. The average molecular weight is 311 g/mol. The normalized spacial score (nSPS) is 23.4. The molecule has 2 rings (SSSR count). The van der Waals surface area contributed by atoms with Crippen LogP contribution in [-0.4, -0.2) is 28.9 Å². The minimum Gasteiger partial charge on any atom is -0.411 e. The first kappa shape index (κ1) is 13.6. The molecule has 4 heteroatoms. The minimum atomic E-state index is 0.395. The molecule has 1 heterocycles. The van der Waals surface area contributed by atoms with Crippen LogP contribution in [0.3, 0.4) is 0 Å². The van der Waals surface area contributed by atoms with Gasteiger partial charge in [-0.05, 0) is 18.1 Å². The number of benzene rings is 1. The third-order valence-electron chi connectivity index (χ3n) is 3.61. The molecule has 98 valence electrons. The van der Waals surface area contributed by atoms with Gasteiger partial charge in [0.15, 0.2) is 0 Å². The fraction of sp³-hybridized carbons (Fsp3) is 0.500. The van der Waals surface area contributed by atoms with Gasteiger partial charge in [-0.25, -0.2) is 0 Å². The van der Waals surface area contributed by atoms with E-state index in [-0.39, 0.29) is 0 Å². The Balaban J connectivity index is 2.02. The van der Waals surface area contributed by atoms with Gasteiger partial charge in [-0.1, -0.05) is 46.2 Å². The molecule has 0 amide bonds. The van der Waals surface area contributed by atoms with Gasteiger partial charge in [0.25, 0.3) is 0 Å². The first-order chi connectivity index (χ1) is 8.74. The highest BCUT2D eigenvalue weighted by atomic mass is 79.9. The zero-order valence-electron chi connectivity index (χ0n) is 10.6. The Labute approximate surface area is 117 Å². The van der Waals surface area contributed by atoms with Crippen molar-refractivity contribution in [2.75, 3.05) is 13.1 Å². The topological polar surface area (TPSA) is 35.8 Å². The second-order valence-corrected chi connectivity index (χ2v) is 5.63. The molecule has 18 heavy (non-hydrogen) atoms. The zero-order chi connectivity index (χ0) is 13.0. The van der Waals surface area contributed by atoms with E-state index in [4.69, 9.17) is 5.21 Å². The van der Waals surface area contributed by atoms with Crippen LogP contribution in [0.2, 0.25) is 0 Å². The highest BCUT2D eigenvalue weighted by Gasteiger charge is 2.24. The maximum Gasteiger partial charge on any atom is 0.0627 e. The van der Waals surface area contributed by atoms with Gasteiger partial charge >= 0.3 is 0 Å². The summed E-state index contributed by atoms with van der Waals surface area (Å²) in [5.41, 5.74) is 2.28. The Morgan fingerprint density at radius 1 is 1.44 bits per heavy atom. The molecular formula is C14H19BrN2O. The van der Waals surface area contributed by atoms with Crippen LogP contribution in [0.4, 0.5) is 0 Å². The van der Waals surface area contributed by atoms with Crippen LogP contribution >= 0.6 is 15.9 Å². The van der Waals surface area contributed by atoms with Crippen LogP contribution in [0.1, 0.15) is 25.3 Å². The molecule has 1 aromatic rings. The molecule has 1 N–H and O–H groups in total. The van der Waals surface area contributed by atoms with E-state index >= 15 is 0 Å². The lowest BCUT2D eigenvalue weighted by atomic mass is 9.93. The van der Waals surface area contributed by atoms with Gasteiger partial charge in [0.1, 0.15) is 0 Å². The molecule has 1 aliphatic rings. The zero-order valence-corrected chi connectivity index (χ0v) is 12.2. The van der Waals surface area contributed by atoms with Crippen molar-refractivity contribution in [2.24, 2.45) is 11.1 Å². The van der Waals surface area contributed by atoms with E-state index in [1.54, 1.807) is 0 Å². The fourth-order valence-electron chi connectivity index (χ4n) is 2.49. The standard InChI is InChI=1S/C14H19BrN2O/c1-2-11-9-17(8-7-14(11)16-18)10-12-5-3-4-6-13(12)15/h3-6,11,18H,2,7-10H2,1H3/b16-14+. The molecule has 1 unspecified atom stereocenters. The Kier molecular flexibility index (Phi) is 4.78. The lowest BCUT2D eigenvalue weighted by Crippen LogP contribution is -2.40. The molecule has 0 bridgehead atoms. The third kappa shape index (κ3) is 3.12. The van der Waals surface area contributed by atoms with Crippen molar-refractivity contribution in [3.63, 3.8) is 0 Å². The van der Waals surface area contributed by atoms with Crippen LogP contribution < -0.4 is 0 Å². The molecular weight excluding hydrogens is 292 g/mol. The number of likely N-dealkylation sites (tertiary alicyclic amines) is 1. The quantitative estimate of drug-likeness (QED) is 0.685. The van der Waals surface area contributed by atoms with Gasteiger partial charge in [0.2, 0.25) is 0 Å². The predicted molar refractivity (Wildman–Crippen MR) is 77.0 cm³/mol. The summed E-state index contributed by atoms with van der Waals surface area (Å²) in [5.74, 6) is 0.395. The van der Waals surface area contributed by atoms with Crippen molar-refractivity contribution in [1.29, 1.82) is 0 Å². The van der Waals surface area contributed by atoms with Crippen LogP contribution in [0, 0.1) is 5.92 Å². The van der Waals surface area contributed by atoms with Gasteiger partial charge in [-0.3, -0.25) is 4.90 Å². The summed E-state index contributed by atoms with van der Waals surface area (Å²) in [7, 11) is 0. The largest absolute Gasteiger partial charge is 0.411 e. The maximum absolute atomic E-state index is 8.97. The number of rotatable bonds is 3. The maximum atomic E-state index is 8.97. The number of oxime groups is 1. The first-order valence-electron chi connectivity index (χ1n) is 6.41. The number of hydrogen-bond acceptors (Lipinski definition) is 3. The molecule has 0 aliphatic carbocycles. The number of piperidine rings is 1. The second kappa shape index (κ2) is 6.34. The monoisotopic (exact) mass is 310 g/mol. The first-order valence-corrected chi connectivity index (χ1v) is 7.20. The SMILES string of the molecule is CCC1CN(Cc2ccccc2Br)CC/C1=N\O. The summed E-state index contributed by atoms with van der Waals surface area (Å²) < 4.78 is 1.17. The molecule has 1 aliphatic heterocycles. The van der Waals surface area contributed by atoms with Gasteiger partial charge in [0.05, 0.1) is 5.71 Å². The Hall–Kier alpha value is -0.870. The Morgan fingerprint density at radius 3 is 2.89 bits per heavy atom. The van der Waals surface area contributed by atoms with Crippen molar-refractivity contribution >= 4 is 21.6 Å². The summed E-state index contributed by atoms with van der Waals surface area (Å²) in [6, 6.07) is 8.34. The van der Waals surface area contributed by atoms with Gasteiger partial charge in [-0.2, -0.15) is 0 Å². The number of nitrogens with zero attached hydrogens (tertiary/aromatic N) is 2. The molecule has 1 aromatic carbocycles. The van der Waals surface area contributed by atoms with Crippen LogP contribution in [0.25, 0.3) is 0 Å². The van der Waals surface area contributed by atoms with Gasteiger partial charge in [0, 0.05) is 36.4 Å². The molecule has 0 radical (unpaired) electrons. The van der Waals surface area contributed by atoms with Crippen molar-refractivity contribution in [3.8, 4) is 0 Å². The number of halogens is 1.